The number of allylic oxidation sites excluding steroid dienone is 2. The zero-order chi connectivity index (χ0) is 27.4. The minimum Gasteiger partial charge on any atom is -0.456 e. The first-order chi connectivity index (χ1) is 18.7. The molecule has 5 heteroatoms. The van der Waals surface area contributed by atoms with Gasteiger partial charge in [0.05, 0.1) is 22.2 Å². The smallest absolute Gasteiger partial charge is 0.456 e. The monoisotopic (exact) mass is 513 g/mol. The van der Waals surface area contributed by atoms with Gasteiger partial charge in [0.25, 0.3) is 0 Å². The molecule has 0 bridgehead atoms. The van der Waals surface area contributed by atoms with E-state index in [0.717, 1.165) is 38.6 Å². The van der Waals surface area contributed by atoms with Crippen molar-refractivity contribution in [3.05, 3.63) is 110 Å². The molecule has 1 aliphatic rings. The van der Waals surface area contributed by atoms with Gasteiger partial charge in [-0.05, 0) is 69.6 Å². The van der Waals surface area contributed by atoms with Gasteiger partial charge in [0, 0.05) is 27.2 Å². The molecule has 0 saturated carbocycles. The molecule has 4 aromatic carbocycles. The molecule has 6 aromatic rings. The second kappa shape index (κ2) is 9.30. The van der Waals surface area contributed by atoms with Crippen LogP contribution in [0.15, 0.2) is 115 Å². The summed E-state index contributed by atoms with van der Waals surface area (Å²) in [4.78, 5) is 0. The van der Waals surface area contributed by atoms with E-state index in [0.29, 0.717) is 0 Å². The number of benzene rings is 4. The maximum absolute atomic E-state index is 6.34. The van der Waals surface area contributed by atoms with Crippen molar-refractivity contribution < 1.29 is 13.7 Å². The van der Waals surface area contributed by atoms with E-state index < -0.39 is 0 Å². The number of rotatable bonds is 3. The van der Waals surface area contributed by atoms with E-state index >= 15 is 0 Å². The number of furan rings is 1. The lowest BCUT2D eigenvalue weighted by Crippen LogP contribution is -2.41. The lowest BCUT2D eigenvalue weighted by molar-refractivity contribution is 0.00578. The first-order valence-electron chi connectivity index (χ1n) is 13.3. The Bertz CT molecular complexity index is 1850. The van der Waals surface area contributed by atoms with E-state index in [-0.39, 0.29) is 18.3 Å². The Kier molecular flexibility index (Phi) is 6.02. The summed E-state index contributed by atoms with van der Waals surface area (Å²) in [6.45, 7) is 15.1. The van der Waals surface area contributed by atoms with E-state index in [1.54, 1.807) is 12.2 Å². The average Bonchev–Trinajstić information content (AvgIpc) is 3.54. The molecule has 0 amide bonds. The predicted octanol–water partition coefficient (Wildman–Crippen LogP) is 8.34. The maximum Gasteiger partial charge on any atom is 0.494 e. The van der Waals surface area contributed by atoms with Crippen molar-refractivity contribution in [3.8, 4) is 5.69 Å². The van der Waals surface area contributed by atoms with Crippen LogP contribution in [0.2, 0.25) is 0 Å². The number of nitrogens with zero attached hydrogens (tertiary/aromatic N) is 1. The molecule has 0 spiro atoms. The minimum absolute atomic E-state index is 0.372. The molecule has 3 heterocycles. The van der Waals surface area contributed by atoms with Gasteiger partial charge in [-0.3, -0.25) is 0 Å². The maximum atomic E-state index is 6.34. The molecule has 0 aliphatic carbocycles. The topological polar surface area (TPSA) is 36.5 Å². The van der Waals surface area contributed by atoms with Crippen molar-refractivity contribution in [3.63, 3.8) is 0 Å². The SMILES string of the molecule is C=CC=C.CC1(C)OB(c2ccc3c(c2)c2ccccc2n3-c2ccc3oc4ccccc4c3c2)OC1(C)C. The van der Waals surface area contributed by atoms with Gasteiger partial charge in [-0.1, -0.05) is 73.8 Å². The summed E-state index contributed by atoms with van der Waals surface area (Å²) in [5, 5.41) is 4.65. The van der Waals surface area contributed by atoms with Gasteiger partial charge in [0.2, 0.25) is 0 Å². The molecule has 1 fully saturated rings. The minimum atomic E-state index is -0.389. The Morgan fingerprint density at radius 2 is 1.26 bits per heavy atom. The Balaban J connectivity index is 0.000000650. The molecule has 1 saturated heterocycles. The summed E-state index contributed by atoms with van der Waals surface area (Å²) < 4.78 is 21.1. The van der Waals surface area contributed by atoms with E-state index in [1.807, 2.05) is 12.1 Å². The average molecular weight is 513 g/mol. The third kappa shape index (κ3) is 4.10. The molecular weight excluding hydrogens is 481 g/mol. The Morgan fingerprint density at radius 3 is 1.97 bits per heavy atom. The lowest BCUT2D eigenvalue weighted by atomic mass is 9.78. The number of fused-ring (bicyclic) bond motifs is 6. The van der Waals surface area contributed by atoms with Crippen molar-refractivity contribution in [2.45, 2.75) is 38.9 Å². The zero-order valence-corrected chi connectivity index (χ0v) is 22.9. The van der Waals surface area contributed by atoms with Crippen LogP contribution in [0.3, 0.4) is 0 Å². The van der Waals surface area contributed by atoms with Crippen molar-refractivity contribution >= 4 is 56.3 Å². The standard InChI is InChI=1S/C30H26BNO3.C4H6/c1-29(2)30(3,4)35-31(34-29)19-13-15-26-23(17-19)21-9-5-7-11-25(21)32(26)20-14-16-28-24(18-20)22-10-6-8-12-27(22)33-28;1-3-4-2/h5-18H,1-4H3;3-4H,1-2H2. The van der Waals surface area contributed by atoms with Crippen LogP contribution in [-0.2, 0) is 9.31 Å². The van der Waals surface area contributed by atoms with Crippen molar-refractivity contribution in [2.75, 3.05) is 0 Å². The molecule has 7 rings (SSSR count). The largest absolute Gasteiger partial charge is 0.494 e. The number of hydrogen-bond acceptors (Lipinski definition) is 3. The normalized spacial score (nSPS) is 16.1. The molecule has 0 N–H and O–H groups in total. The molecule has 1 aliphatic heterocycles. The van der Waals surface area contributed by atoms with Crippen LogP contribution in [-0.4, -0.2) is 22.9 Å². The Labute approximate surface area is 229 Å². The Hall–Kier alpha value is -4.06. The fourth-order valence-corrected chi connectivity index (χ4v) is 5.25. The van der Waals surface area contributed by atoms with Crippen LogP contribution in [0, 0.1) is 0 Å². The molecule has 39 heavy (non-hydrogen) atoms. The molecule has 4 nitrogen and oxygen atoms in total. The quantitative estimate of drug-likeness (QED) is 0.176. The van der Waals surface area contributed by atoms with Gasteiger partial charge in [-0.2, -0.15) is 0 Å². The highest BCUT2D eigenvalue weighted by Crippen LogP contribution is 2.38. The molecule has 0 atom stereocenters. The lowest BCUT2D eigenvalue weighted by Gasteiger charge is -2.32. The molecular formula is C34H32BNO3. The van der Waals surface area contributed by atoms with Crippen LogP contribution in [0.4, 0.5) is 0 Å². The Morgan fingerprint density at radius 1 is 0.641 bits per heavy atom. The van der Waals surface area contributed by atoms with Crippen molar-refractivity contribution in [2.24, 2.45) is 0 Å². The van der Waals surface area contributed by atoms with E-state index in [2.05, 4.69) is 118 Å². The summed E-state index contributed by atoms with van der Waals surface area (Å²) in [6, 6.07) is 29.8. The summed E-state index contributed by atoms with van der Waals surface area (Å²) >= 11 is 0. The van der Waals surface area contributed by atoms with E-state index in [9.17, 15) is 0 Å². The van der Waals surface area contributed by atoms with Gasteiger partial charge < -0.3 is 18.3 Å². The van der Waals surface area contributed by atoms with Gasteiger partial charge >= 0.3 is 7.12 Å². The van der Waals surface area contributed by atoms with Crippen LogP contribution in [0.25, 0.3) is 49.4 Å². The predicted molar refractivity (Wildman–Crippen MR) is 164 cm³/mol. The number of hydrogen-bond donors (Lipinski definition) is 0. The third-order valence-electron chi connectivity index (χ3n) is 8.01. The highest BCUT2D eigenvalue weighted by Gasteiger charge is 2.51. The highest BCUT2D eigenvalue weighted by atomic mass is 16.7. The number of para-hydroxylation sites is 2. The molecule has 2 aromatic heterocycles. The second-order valence-corrected chi connectivity index (χ2v) is 11.0. The highest BCUT2D eigenvalue weighted by molar-refractivity contribution is 6.62. The van der Waals surface area contributed by atoms with E-state index in [1.165, 1.54) is 16.3 Å². The van der Waals surface area contributed by atoms with E-state index in [4.69, 9.17) is 13.7 Å². The van der Waals surface area contributed by atoms with Crippen LogP contribution in [0.1, 0.15) is 27.7 Å². The number of aromatic nitrogens is 1. The van der Waals surface area contributed by atoms with Gasteiger partial charge in [0.1, 0.15) is 11.2 Å². The fourth-order valence-electron chi connectivity index (χ4n) is 5.25. The van der Waals surface area contributed by atoms with Crippen molar-refractivity contribution in [1.29, 1.82) is 0 Å². The summed E-state index contributed by atoms with van der Waals surface area (Å²) in [6.07, 6.45) is 3.28. The van der Waals surface area contributed by atoms with Crippen LogP contribution in [0.5, 0.6) is 0 Å². The second-order valence-electron chi connectivity index (χ2n) is 11.0. The molecule has 194 valence electrons. The fraction of sp³-hybridized carbons (Fsp3) is 0.176. The summed E-state index contributed by atoms with van der Waals surface area (Å²) in [7, 11) is -0.389. The summed E-state index contributed by atoms with van der Waals surface area (Å²) in [5.41, 5.74) is 5.54. The molecule has 0 unspecified atom stereocenters. The van der Waals surface area contributed by atoms with Gasteiger partial charge in [0.15, 0.2) is 0 Å². The third-order valence-corrected chi connectivity index (χ3v) is 8.01. The van der Waals surface area contributed by atoms with Gasteiger partial charge in [-0.15, -0.1) is 0 Å². The summed E-state index contributed by atoms with van der Waals surface area (Å²) in [5.74, 6) is 0. The first-order valence-corrected chi connectivity index (χ1v) is 13.3. The first kappa shape index (κ1) is 25.2. The molecule has 0 radical (unpaired) electrons. The van der Waals surface area contributed by atoms with Crippen LogP contribution >= 0.6 is 0 Å². The van der Waals surface area contributed by atoms with Gasteiger partial charge in [-0.25, -0.2) is 0 Å². The van der Waals surface area contributed by atoms with Crippen molar-refractivity contribution in [1.82, 2.24) is 4.57 Å². The zero-order valence-electron chi connectivity index (χ0n) is 22.9. The van der Waals surface area contributed by atoms with Crippen LogP contribution < -0.4 is 5.46 Å².